The van der Waals surface area contributed by atoms with Gasteiger partial charge in [-0.15, -0.1) is 0 Å². The predicted molar refractivity (Wildman–Crippen MR) is 63.7 cm³/mol. The number of aromatic nitrogens is 1. The Hall–Kier alpha value is -1.41. The minimum atomic E-state index is 0.261. The number of pyridine rings is 1. The first-order valence-electron chi connectivity index (χ1n) is 5.34. The summed E-state index contributed by atoms with van der Waals surface area (Å²) in [6.07, 6.45) is 5.82. The van der Waals surface area contributed by atoms with Crippen molar-refractivity contribution in [3.05, 3.63) is 42.2 Å². The molecular formula is C13H16N2. The second kappa shape index (κ2) is 4.41. The molecule has 0 saturated carbocycles. The summed E-state index contributed by atoms with van der Waals surface area (Å²) in [6.45, 7) is 2.05. The standard InChI is InChI=1S/C13H16N2/c1-10(14)5-6-11-3-2-4-12-7-8-15-9-13(11)12/h2-4,7-10H,5-6,14H2,1H3. The zero-order valence-electron chi connectivity index (χ0n) is 8.98. The first-order chi connectivity index (χ1) is 7.27. The van der Waals surface area contributed by atoms with Crippen molar-refractivity contribution in [1.82, 2.24) is 4.98 Å². The molecule has 15 heavy (non-hydrogen) atoms. The molecule has 0 amide bonds. The Balaban J connectivity index is 2.34. The van der Waals surface area contributed by atoms with Crippen molar-refractivity contribution in [1.29, 1.82) is 0 Å². The van der Waals surface area contributed by atoms with Crippen LogP contribution in [0, 0.1) is 0 Å². The largest absolute Gasteiger partial charge is 0.328 e. The molecule has 0 radical (unpaired) electrons. The highest BCUT2D eigenvalue weighted by Gasteiger charge is 2.01. The van der Waals surface area contributed by atoms with Crippen LogP contribution in [0.25, 0.3) is 10.8 Å². The van der Waals surface area contributed by atoms with E-state index in [2.05, 4.69) is 23.2 Å². The Labute approximate surface area is 90.1 Å². The molecular weight excluding hydrogens is 184 g/mol. The van der Waals surface area contributed by atoms with Crippen LogP contribution in [0.3, 0.4) is 0 Å². The van der Waals surface area contributed by atoms with Crippen molar-refractivity contribution in [3.63, 3.8) is 0 Å². The van der Waals surface area contributed by atoms with Crippen molar-refractivity contribution in [2.75, 3.05) is 0 Å². The molecule has 1 unspecified atom stereocenters. The second-order valence-corrected chi connectivity index (χ2v) is 4.03. The lowest BCUT2D eigenvalue weighted by atomic mass is 10.0. The normalized spacial score (nSPS) is 12.9. The molecule has 1 aromatic heterocycles. The van der Waals surface area contributed by atoms with Crippen molar-refractivity contribution >= 4 is 10.8 Å². The summed E-state index contributed by atoms with van der Waals surface area (Å²) in [6, 6.07) is 8.68. The minimum Gasteiger partial charge on any atom is -0.328 e. The van der Waals surface area contributed by atoms with Crippen LogP contribution in [0.5, 0.6) is 0 Å². The molecule has 1 heterocycles. The van der Waals surface area contributed by atoms with Crippen molar-refractivity contribution in [2.24, 2.45) is 5.73 Å². The van der Waals surface area contributed by atoms with Crippen LogP contribution in [0.4, 0.5) is 0 Å². The van der Waals surface area contributed by atoms with Gasteiger partial charge < -0.3 is 5.73 Å². The fourth-order valence-electron chi connectivity index (χ4n) is 1.78. The Morgan fingerprint density at radius 2 is 2.20 bits per heavy atom. The lowest BCUT2D eigenvalue weighted by molar-refractivity contribution is 0.668. The summed E-state index contributed by atoms with van der Waals surface area (Å²) in [5.74, 6) is 0. The minimum absolute atomic E-state index is 0.261. The summed E-state index contributed by atoms with van der Waals surface area (Å²) in [5, 5.41) is 2.51. The number of fused-ring (bicyclic) bond motifs is 1. The number of benzene rings is 1. The Morgan fingerprint density at radius 3 is 3.00 bits per heavy atom. The highest BCUT2D eigenvalue weighted by Crippen LogP contribution is 2.18. The fraction of sp³-hybridized carbons (Fsp3) is 0.308. The van der Waals surface area contributed by atoms with Crippen molar-refractivity contribution in [2.45, 2.75) is 25.8 Å². The lowest BCUT2D eigenvalue weighted by Crippen LogP contribution is -2.15. The Bertz CT molecular complexity index is 444. The summed E-state index contributed by atoms with van der Waals surface area (Å²) >= 11 is 0. The third-order valence-corrected chi connectivity index (χ3v) is 2.64. The van der Waals surface area contributed by atoms with Gasteiger partial charge in [-0.25, -0.2) is 0 Å². The number of nitrogens with two attached hydrogens (primary N) is 1. The van der Waals surface area contributed by atoms with Crippen LogP contribution in [-0.4, -0.2) is 11.0 Å². The third kappa shape index (κ3) is 2.34. The number of rotatable bonds is 3. The molecule has 2 heteroatoms. The van der Waals surface area contributed by atoms with E-state index in [1.54, 1.807) is 0 Å². The monoisotopic (exact) mass is 200 g/mol. The first kappa shape index (κ1) is 10.1. The topological polar surface area (TPSA) is 38.9 Å². The third-order valence-electron chi connectivity index (χ3n) is 2.64. The number of aryl methyl sites for hydroxylation is 1. The van der Waals surface area contributed by atoms with Crippen LogP contribution in [0.1, 0.15) is 18.9 Å². The van der Waals surface area contributed by atoms with Gasteiger partial charge in [-0.1, -0.05) is 18.2 Å². The summed E-state index contributed by atoms with van der Waals surface area (Å²) in [4.78, 5) is 4.17. The van der Waals surface area contributed by atoms with E-state index in [1.807, 2.05) is 25.4 Å². The molecule has 2 rings (SSSR count). The molecule has 0 bridgehead atoms. The maximum atomic E-state index is 5.77. The van der Waals surface area contributed by atoms with Gasteiger partial charge in [0.05, 0.1) is 0 Å². The molecule has 0 aliphatic carbocycles. The number of hydrogen-bond donors (Lipinski definition) is 1. The van der Waals surface area contributed by atoms with E-state index in [1.165, 1.54) is 16.3 Å². The zero-order chi connectivity index (χ0) is 10.7. The van der Waals surface area contributed by atoms with E-state index in [-0.39, 0.29) is 6.04 Å². The Kier molecular flexibility index (Phi) is 2.97. The molecule has 78 valence electrons. The van der Waals surface area contributed by atoms with Crippen LogP contribution in [0.2, 0.25) is 0 Å². The van der Waals surface area contributed by atoms with E-state index in [9.17, 15) is 0 Å². The lowest BCUT2D eigenvalue weighted by Gasteiger charge is -2.07. The van der Waals surface area contributed by atoms with E-state index < -0.39 is 0 Å². The number of hydrogen-bond acceptors (Lipinski definition) is 2. The molecule has 0 fully saturated rings. The molecule has 0 saturated heterocycles. The maximum Gasteiger partial charge on any atom is 0.0349 e. The molecule has 2 aromatic rings. The second-order valence-electron chi connectivity index (χ2n) is 4.03. The smallest absolute Gasteiger partial charge is 0.0349 e. The maximum absolute atomic E-state index is 5.77. The van der Waals surface area contributed by atoms with Gasteiger partial charge >= 0.3 is 0 Å². The van der Waals surface area contributed by atoms with E-state index >= 15 is 0 Å². The van der Waals surface area contributed by atoms with Gasteiger partial charge in [-0.3, -0.25) is 4.98 Å². The zero-order valence-corrected chi connectivity index (χ0v) is 8.98. The van der Waals surface area contributed by atoms with Gasteiger partial charge in [0.25, 0.3) is 0 Å². The van der Waals surface area contributed by atoms with Gasteiger partial charge in [0.15, 0.2) is 0 Å². The summed E-state index contributed by atoms with van der Waals surface area (Å²) in [5.41, 5.74) is 7.11. The van der Waals surface area contributed by atoms with Gasteiger partial charge in [0, 0.05) is 23.8 Å². The van der Waals surface area contributed by atoms with E-state index in [0.29, 0.717) is 0 Å². The van der Waals surface area contributed by atoms with Gasteiger partial charge in [-0.2, -0.15) is 0 Å². The molecule has 1 aromatic carbocycles. The quantitative estimate of drug-likeness (QED) is 0.826. The van der Waals surface area contributed by atoms with Crippen molar-refractivity contribution in [3.8, 4) is 0 Å². The first-order valence-corrected chi connectivity index (χ1v) is 5.34. The fourth-order valence-corrected chi connectivity index (χ4v) is 1.78. The number of nitrogens with zero attached hydrogens (tertiary/aromatic N) is 1. The highest BCUT2D eigenvalue weighted by molar-refractivity contribution is 5.84. The van der Waals surface area contributed by atoms with Gasteiger partial charge in [0.2, 0.25) is 0 Å². The van der Waals surface area contributed by atoms with Crippen LogP contribution >= 0.6 is 0 Å². The predicted octanol–water partition coefficient (Wildman–Crippen LogP) is 2.51. The average molecular weight is 200 g/mol. The Morgan fingerprint density at radius 1 is 1.33 bits per heavy atom. The van der Waals surface area contributed by atoms with E-state index in [4.69, 9.17) is 5.73 Å². The van der Waals surface area contributed by atoms with E-state index in [0.717, 1.165) is 12.8 Å². The molecule has 0 aliphatic rings. The molecule has 0 aliphatic heterocycles. The molecule has 2 nitrogen and oxygen atoms in total. The van der Waals surface area contributed by atoms with Crippen LogP contribution in [-0.2, 0) is 6.42 Å². The van der Waals surface area contributed by atoms with Crippen LogP contribution in [0.15, 0.2) is 36.7 Å². The summed E-state index contributed by atoms with van der Waals surface area (Å²) < 4.78 is 0. The van der Waals surface area contributed by atoms with Gasteiger partial charge in [-0.05, 0) is 36.8 Å². The molecule has 1 atom stereocenters. The molecule has 2 N–H and O–H groups in total. The molecule has 0 spiro atoms. The van der Waals surface area contributed by atoms with Crippen LogP contribution < -0.4 is 5.73 Å². The van der Waals surface area contributed by atoms with Gasteiger partial charge in [0.1, 0.15) is 0 Å². The average Bonchev–Trinajstić information content (AvgIpc) is 2.26. The SMILES string of the molecule is CC(N)CCc1cccc2ccncc12. The summed E-state index contributed by atoms with van der Waals surface area (Å²) in [7, 11) is 0. The highest BCUT2D eigenvalue weighted by atomic mass is 14.6. The van der Waals surface area contributed by atoms with Crippen molar-refractivity contribution < 1.29 is 0 Å².